The molecule has 3 nitrogen and oxygen atoms in total. The van der Waals surface area contributed by atoms with Gasteiger partial charge < -0.3 is 9.84 Å². The van der Waals surface area contributed by atoms with Crippen LogP contribution in [0.4, 0.5) is 8.78 Å². The van der Waals surface area contributed by atoms with Gasteiger partial charge >= 0.3 is 0 Å². The van der Waals surface area contributed by atoms with Crippen LogP contribution >= 0.6 is 15.9 Å². The minimum atomic E-state index is -1.89. The third-order valence-electron chi connectivity index (χ3n) is 6.04. The van der Waals surface area contributed by atoms with Gasteiger partial charge in [0.2, 0.25) is 5.88 Å². The lowest BCUT2D eigenvalue weighted by molar-refractivity contribution is 0.0173. The second-order valence-corrected chi connectivity index (χ2v) is 9.11. The summed E-state index contributed by atoms with van der Waals surface area (Å²) in [5.74, 6) is -2.71. The molecule has 0 saturated carbocycles. The number of aliphatic hydroxyl groups is 1. The Morgan fingerprint density at radius 3 is 2.40 bits per heavy atom. The number of nitrogens with zero attached hydrogens (tertiary/aromatic N) is 1. The van der Waals surface area contributed by atoms with E-state index in [1.54, 1.807) is 6.20 Å². The summed E-state index contributed by atoms with van der Waals surface area (Å²) in [5.41, 5.74) is 0.862. The van der Waals surface area contributed by atoms with Crippen molar-refractivity contribution in [2.24, 2.45) is 0 Å². The van der Waals surface area contributed by atoms with Crippen LogP contribution in [-0.4, -0.2) is 17.2 Å². The Morgan fingerprint density at radius 2 is 1.74 bits per heavy atom. The van der Waals surface area contributed by atoms with Crippen LogP contribution in [0.2, 0.25) is 0 Å². The molecule has 4 rings (SSSR count). The number of pyridine rings is 1. The maximum Gasteiger partial charge on any atom is 0.217 e. The molecule has 1 N–H and O–H groups in total. The first-order valence-corrected chi connectivity index (χ1v) is 11.8. The van der Waals surface area contributed by atoms with Gasteiger partial charge in [0.25, 0.3) is 0 Å². The lowest BCUT2D eigenvalue weighted by Gasteiger charge is -2.37. The summed E-state index contributed by atoms with van der Waals surface area (Å²) < 4.78 is 36.0. The van der Waals surface area contributed by atoms with E-state index in [0.29, 0.717) is 11.1 Å². The molecular formula is C29H24BrF2NO2. The van der Waals surface area contributed by atoms with Crippen molar-refractivity contribution in [3.63, 3.8) is 0 Å². The average molecular weight is 536 g/mol. The first-order chi connectivity index (χ1) is 16.9. The number of hydrogen-bond acceptors (Lipinski definition) is 3. The van der Waals surface area contributed by atoms with Crippen LogP contribution in [0.5, 0.6) is 5.88 Å². The van der Waals surface area contributed by atoms with Gasteiger partial charge in [0, 0.05) is 33.3 Å². The smallest absolute Gasteiger partial charge is 0.217 e. The van der Waals surface area contributed by atoms with Gasteiger partial charge in [-0.2, -0.15) is 0 Å². The number of aromatic nitrogens is 1. The molecule has 0 saturated heterocycles. The fourth-order valence-corrected chi connectivity index (χ4v) is 4.71. The molecule has 1 aromatic heterocycles. The average Bonchev–Trinajstić information content (AvgIpc) is 2.87. The molecule has 178 valence electrons. The molecule has 0 spiro atoms. The molecule has 1 heterocycles. The monoisotopic (exact) mass is 535 g/mol. The SMILES string of the molecule is C=CCC(O)(c1cccc(F)c1F)C(c1ccccc1)c1cc(-c2ccc(Br)cc2)cnc1OC. The van der Waals surface area contributed by atoms with Crippen molar-refractivity contribution in [2.45, 2.75) is 17.9 Å². The van der Waals surface area contributed by atoms with Crippen molar-refractivity contribution in [2.75, 3.05) is 7.11 Å². The highest BCUT2D eigenvalue weighted by atomic mass is 79.9. The Kier molecular flexibility index (Phi) is 7.43. The maximum absolute atomic E-state index is 15.2. The summed E-state index contributed by atoms with van der Waals surface area (Å²) in [6.45, 7) is 3.78. The summed E-state index contributed by atoms with van der Waals surface area (Å²) in [6, 6.07) is 22.6. The molecule has 0 aliphatic carbocycles. The Balaban J connectivity index is 2.02. The highest BCUT2D eigenvalue weighted by molar-refractivity contribution is 9.10. The number of methoxy groups -OCH3 is 1. The zero-order chi connectivity index (χ0) is 25.0. The van der Waals surface area contributed by atoms with E-state index in [1.807, 2.05) is 60.7 Å². The van der Waals surface area contributed by atoms with E-state index in [0.717, 1.165) is 21.7 Å². The lowest BCUT2D eigenvalue weighted by Crippen LogP contribution is -2.35. The Bertz CT molecular complexity index is 1330. The molecule has 0 bridgehead atoms. The molecule has 0 fully saturated rings. The zero-order valence-electron chi connectivity index (χ0n) is 19.1. The third-order valence-corrected chi connectivity index (χ3v) is 6.57. The maximum atomic E-state index is 15.2. The topological polar surface area (TPSA) is 42.4 Å². The van der Waals surface area contributed by atoms with Gasteiger partial charge in [-0.15, -0.1) is 6.58 Å². The van der Waals surface area contributed by atoms with E-state index in [9.17, 15) is 9.50 Å². The Hall–Kier alpha value is -3.35. The highest BCUT2D eigenvalue weighted by Gasteiger charge is 2.43. The van der Waals surface area contributed by atoms with Crippen LogP contribution in [0, 0.1) is 11.6 Å². The van der Waals surface area contributed by atoms with Gasteiger partial charge in [-0.25, -0.2) is 13.8 Å². The summed E-state index contributed by atoms with van der Waals surface area (Å²) in [7, 11) is 1.49. The summed E-state index contributed by atoms with van der Waals surface area (Å²) in [5, 5.41) is 12.2. The minimum Gasteiger partial charge on any atom is -0.481 e. The van der Waals surface area contributed by atoms with E-state index in [2.05, 4.69) is 27.5 Å². The lowest BCUT2D eigenvalue weighted by atomic mass is 9.71. The van der Waals surface area contributed by atoms with Crippen molar-refractivity contribution >= 4 is 15.9 Å². The summed E-state index contributed by atoms with van der Waals surface area (Å²) in [4.78, 5) is 4.51. The van der Waals surface area contributed by atoms with Gasteiger partial charge in [-0.3, -0.25) is 0 Å². The Morgan fingerprint density at radius 1 is 1.03 bits per heavy atom. The molecule has 2 unspecified atom stereocenters. The van der Waals surface area contributed by atoms with Crippen LogP contribution in [0.15, 0.2) is 102 Å². The van der Waals surface area contributed by atoms with E-state index >= 15 is 4.39 Å². The van der Waals surface area contributed by atoms with Crippen molar-refractivity contribution in [1.82, 2.24) is 4.98 Å². The highest BCUT2D eigenvalue weighted by Crippen LogP contribution is 2.48. The molecule has 35 heavy (non-hydrogen) atoms. The Labute approximate surface area is 211 Å². The van der Waals surface area contributed by atoms with Gasteiger partial charge in [0.05, 0.1) is 7.11 Å². The first kappa shape index (κ1) is 24.8. The zero-order valence-corrected chi connectivity index (χ0v) is 20.7. The van der Waals surface area contributed by atoms with E-state index in [1.165, 1.54) is 25.3 Å². The molecule has 0 aliphatic heterocycles. The van der Waals surface area contributed by atoms with Crippen molar-refractivity contribution < 1.29 is 18.6 Å². The normalized spacial score (nSPS) is 13.6. The van der Waals surface area contributed by atoms with Crippen molar-refractivity contribution in [1.29, 1.82) is 0 Å². The van der Waals surface area contributed by atoms with Gasteiger partial charge in [0.15, 0.2) is 11.6 Å². The predicted molar refractivity (Wildman–Crippen MR) is 137 cm³/mol. The van der Waals surface area contributed by atoms with E-state index in [4.69, 9.17) is 4.74 Å². The molecular weight excluding hydrogens is 512 g/mol. The van der Waals surface area contributed by atoms with Gasteiger partial charge in [-0.05, 0) is 41.8 Å². The standard InChI is InChI=1S/C29H24BrF2NO2/c1-3-16-29(34,24-10-7-11-25(31)27(24)32)26(20-8-5-4-6-9-20)23-17-21(18-33-28(23)35-2)19-12-14-22(30)15-13-19/h3-15,17-18,26,34H,1,16H2,2H3. The van der Waals surface area contributed by atoms with Crippen LogP contribution in [0.3, 0.4) is 0 Å². The van der Waals surface area contributed by atoms with Crippen LogP contribution < -0.4 is 4.74 Å². The molecule has 0 amide bonds. The van der Waals surface area contributed by atoms with Gasteiger partial charge in [0.1, 0.15) is 5.60 Å². The molecule has 0 aliphatic rings. The number of ether oxygens (including phenoxy) is 1. The predicted octanol–water partition coefficient (Wildman–Crippen LogP) is 7.39. The fourth-order valence-electron chi connectivity index (χ4n) is 4.45. The molecule has 4 aromatic rings. The van der Waals surface area contributed by atoms with Crippen LogP contribution in [0.25, 0.3) is 11.1 Å². The van der Waals surface area contributed by atoms with Crippen molar-refractivity contribution in [3.8, 4) is 17.0 Å². The molecule has 2 atom stereocenters. The van der Waals surface area contributed by atoms with Crippen LogP contribution in [-0.2, 0) is 5.60 Å². The first-order valence-electron chi connectivity index (χ1n) is 11.0. The second kappa shape index (κ2) is 10.5. The number of halogens is 3. The number of hydrogen-bond donors (Lipinski definition) is 1. The second-order valence-electron chi connectivity index (χ2n) is 8.19. The van der Waals surface area contributed by atoms with Crippen LogP contribution in [0.1, 0.15) is 29.0 Å². The number of rotatable bonds is 8. The van der Waals surface area contributed by atoms with Gasteiger partial charge in [-0.1, -0.05) is 76.6 Å². The van der Waals surface area contributed by atoms with E-state index < -0.39 is 23.2 Å². The summed E-state index contributed by atoms with van der Waals surface area (Å²) >= 11 is 3.45. The number of benzene rings is 3. The molecule has 6 heteroatoms. The minimum absolute atomic E-state index is 0.0431. The van der Waals surface area contributed by atoms with E-state index in [-0.39, 0.29) is 17.9 Å². The molecule has 3 aromatic carbocycles. The quantitative estimate of drug-likeness (QED) is 0.239. The molecule has 0 radical (unpaired) electrons. The fraction of sp³-hybridized carbons (Fsp3) is 0.138. The third kappa shape index (κ3) is 4.90. The summed E-state index contributed by atoms with van der Waals surface area (Å²) in [6.07, 6.45) is 3.14. The van der Waals surface area contributed by atoms with Crippen molar-refractivity contribution in [3.05, 3.63) is 131 Å². The largest absolute Gasteiger partial charge is 0.481 e.